The van der Waals surface area contributed by atoms with Crippen molar-refractivity contribution >= 4 is 27.4 Å². The van der Waals surface area contributed by atoms with Gasteiger partial charge in [-0.05, 0) is 60.7 Å². The highest BCUT2D eigenvalue weighted by Gasteiger charge is 2.24. The lowest BCUT2D eigenvalue weighted by Crippen LogP contribution is -2.49. The molecular formula is C24H23N5O4S. The number of pyridine rings is 1. The van der Waals surface area contributed by atoms with Crippen molar-refractivity contribution in [1.82, 2.24) is 9.88 Å². The number of anilines is 2. The van der Waals surface area contributed by atoms with Crippen LogP contribution in [0.5, 0.6) is 5.75 Å². The van der Waals surface area contributed by atoms with Gasteiger partial charge in [-0.1, -0.05) is 0 Å². The average Bonchev–Trinajstić information content (AvgIpc) is 2.88. The second kappa shape index (κ2) is 9.80. The normalized spacial score (nSPS) is 13.8. The molecule has 0 aliphatic carbocycles. The van der Waals surface area contributed by atoms with Gasteiger partial charge in [0.15, 0.2) is 0 Å². The summed E-state index contributed by atoms with van der Waals surface area (Å²) in [5, 5.41) is 9.29. The maximum atomic E-state index is 12.9. The molecule has 0 radical (unpaired) electrons. The first kappa shape index (κ1) is 23.1. The standard InChI is InChI=1S/C24H23N5O4S/c1-33-21-8-6-20(7-9-21)27-34(31,32)22-10-4-18(5-11-22)24(30)29-15-13-28(14-16-29)23-19(17-25)3-2-12-26-23/h2-12,27H,13-16H2,1H3. The molecule has 0 bridgehead atoms. The SMILES string of the molecule is COc1ccc(NS(=O)(=O)c2ccc(C(=O)N3CCN(c4ncccc4C#N)CC3)cc2)cc1. The number of carbonyl (C=O) groups is 1. The van der Waals surface area contributed by atoms with Gasteiger partial charge in [-0.2, -0.15) is 5.26 Å². The molecule has 2 heterocycles. The maximum absolute atomic E-state index is 12.9. The Labute approximate surface area is 198 Å². The summed E-state index contributed by atoms with van der Waals surface area (Å²) in [6, 6.07) is 18.0. The number of ether oxygens (including phenoxy) is 1. The zero-order valence-electron chi connectivity index (χ0n) is 18.5. The van der Waals surface area contributed by atoms with Gasteiger partial charge in [0.25, 0.3) is 15.9 Å². The lowest BCUT2D eigenvalue weighted by molar-refractivity contribution is 0.0746. The largest absolute Gasteiger partial charge is 0.497 e. The molecule has 0 spiro atoms. The van der Waals surface area contributed by atoms with Crippen LogP contribution in [0.25, 0.3) is 0 Å². The molecule has 1 fully saturated rings. The molecule has 174 valence electrons. The monoisotopic (exact) mass is 477 g/mol. The summed E-state index contributed by atoms with van der Waals surface area (Å²) in [5.74, 6) is 1.07. The Kier molecular flexibility index (Phi) is 6.65. The molecule has 0 saturated carbocycles. The Hall–Kier alpha value is -4.10. The average molecular weight is 478 g/mol. The van der Waals surface area contributed by atoms with Crippen LogP contribution in [0.1, 0.15) is 15.9 Å². The highest BCUT2D eigenvalue weighted by atomic mass is 32.2. The van der Waals surface area contributed by atoms with Crippen LogP contribution < -0.4 is 14.4 Å². The third-order valence-electron chi connectivity index (χ3n) is 5.53. The first-order chi connectivity index (χ1) is 16.4. The van der Waals surface area contributed by atoms with Crippen LogP contribution in [0.3, 0.4) is 0 Å². The number of nitrogens with zero attached hydrogens (tertiary/aromatic N) is 4. The van der Waals surface area contributed by atoms with Crippen molar-refractivity contribution in [1.29, 1.82) is 5.26 Å². The Morgan fingerprint density at radius 2 is 1.71 bits per heavy atom. The summed E-state index contributed by atoms with van der Waals surface area (Å²) in [4.78, 5) is 21.0. The lowest BCUT2D eigenvalue weighted by atomic mass is 10.1. The number of nitrogens with one attached hydrogen (secondary N) is 1. The number of carbonyl (C=O) groups excluding carboxylic acids is 1. The maximum Gasteiger partial charge on any atom is 0.261 e. The van der Waals surface area contributed by atoms with Gasteiger partial charge in [-0.25, -0.2) is 13.4 Å². The number of hydrogen-bond acceptors (Lipinski definition) is 7. The van der Waals surface area contributed by atoms with Crippen LogP contribution in [-0.4, -0.2) is 57.5 Å². The summed E-state index contributed by atoms with van der Waals surface area (Å²) in [6.07, 6.45) is 1.65. The van der Waals surface area contributed by atoms with Crippen molar-refractivity contribution < 1.29 is 17.9 Å². The smallest absolute Gasteiger partial charge is 0.261 e. The Morgan fingerprint density at radius 1 is 1.03 bits per heavy atom. The third-order valence-corrected chi connectivity index (χ3v) is 6.92. The number of nitriles is 1. The van der Waals surface area contributed by atoms with Crippen LogP contribution in [0.15, 0.2) is 71.8 Å². The number of methoxy groups -OCH3 is 1. The van der Waals surface area contributed by atoms with Crippen molar-refractivity contribution in [3.63, 3.8) is 0 Å². The fourth-order valence-electron chi connectivity index (χ4n) is 3.69. The van der Waals surface area contributed by atoms with E-state index in [-0.39, 0.29) is 10.8 Å². The minimum Gasteiger partial charge on any atom is -0.497 e. The molecule has 1 amide bonds. The minimum atomic E-state index is -3.80. The lowest BCUT2D eigenvalue weighted by Gasteiger charge is -2.35. The molecule has 4 rings (SSSR count). The molecular weight excluding hydrogens is 454 g/mol. The minimum absolute atomic E-state index is 0.0591. The number of sulfonamides is 1. The zero-order chi connectivity index (χ0) is 24.1. The molecule has 0 unspecified atom stereocenters. The Morgan fingerprint density at radius 3 is 2.32 bits per heavy atom. The highest BCUT2D eigenvalue weighted by Crippen LogP contribution is 2.21. The highest BCUT2D eigenvalue weighted by molar-refractivity contribution is 7.92. The molecule has 9 nitrogen and oxygen atoms in total. The second-order valence-electron chi connectivity index (χ2n) is 7.62. The van der Waals surface area contributed by atoms with Gasteiger partial charge in [-0.15, -0.1) is 0 Å². The van der Waals surface area contributed by atoms with Gasteiger partial charge in [0.05, 0.1) is 17.6 Å². The van der Waals surface area contributed by atoms with Crippen molar-refractivity contribution in [2.45, 2.75) is 4.90 Å². The van der Waals surface area contributed by atoms with E-state index in [1.807, 2.05) is 4.90 Å². The summed E-state index contributed by atoms with van der Waals surface area (Å²) in [7, 11) is -2.27. The molecule has 10 heteroatoms. The number of amides is 1. The Balaban J connectivity index is 1.40. The fraction of sp³-hybridized carbons (Fsp3) is 0.208. The molecule has 0 atom stereocenters. The molecule has 1 saturated heterocycles. The summed E-state index contributed by atoms with van der Waals surface area (Å²) < 4.78 is 33.0. The van der Waals surface area contributed by atoms with E-state index in [1.54, 1.807) is 47.5 Å². The van der Waals surface area contributed by atoms with Crippen LogP contribution in [-0.2, 0) is 10.0 Å². The van der Waals surface area contributed by atoms with E-state index in [4.69, 9.17) is 4.74 Å². The van der Waals surface area contributed by atoms with E-state index in [0.29, 0.717) is 54.6 Å². The Bertz CT molecular complexity index is 1310. The first-order valence-corrected chi connectivity index (χ1v) is 12.1. The molecule has 1 aliphatic heterocycles. The number of rotatable bonds is 6. The van der Waals surface area contributed by atoms with Gasteiger partial charge in [0.1, 0.15) is 17.6 Å². The molecule has 34 heavy (non-hydrogen) atoms. The van der Waals surface area contributed by atoms with Crippen molar-refractivity contribution in [2.24, 2.45) is 0 Å². The van der Waals surface area contributed by atoms with Gasteiger partial charge in [0.2, 0.25) is 0 Å². The fourth-order valence-corrected chi connectivity index (χ4v) is 4.75. The topological polar surface area (TPSA) is 116 Å². The van der Waals surface area contributed by atoms with Crippen molar-refractivity contribution in [2.75, 3.05) is 42.9 Å². The summed E-state index contributed by atoms with van der Waals surface area (Å²) in [6.45, 7) is 2.05. The van der Waals surface area contributed by atoms with Crippen molar-refractivity contribution in [3.05, 3.63) is 78.0 Å². The van der Waals surface area contributed by atoms with Gasteiger partial charge in [0, 0.05) is 43.6 Å². The molecule has 3 aromatic rings. The van der Waals surface area contributed by atoms with Gasteiger partial charge < -0.3 is 14.5 Å². The summed E-state index contributed by atoms with van der Waals surface area (Å²) in [5.41, 5.74) is 1.32. The first-order valence-electron chi connectivity index (χ1n) is 10.6. The number of piperazine rings is 1. The van der Waals surface area contributed by atoms with E-state index < -0.39 is 10.0 Å². The quantitative estimate of drug-likeness (QED) is 0.580. The zero-order valence-corrected chi connectivity index (χ0v) is 19.3. The van der Waals surface area contributed by atoms with Gasteiger partial charge >= 0.3 is 0 Å². The third kappa shape index (κ3) is 4.94. The molecule has 1 aromatic heterocycles. The second-order valence-corrected chi connectivity index (χ2v) is 9.31. The molecule has 1 N–H and O–H groups in total. The number of aromatic nitrogens is 1. The predicted octanol–water partition coefficient (Wildman–Crippen LogP) is 2.73. The van der Waals surface area contributed by atoms with Crippen LogP contribution in [0.4, 0.5) is 11.5 Å². The van der Waals surface area contributed by atoms with Gasteiger partial charge in [-0.3, -0.25) is 9.52 Å². The van der Waals surface area contributed by atoms with Crippen molar-refractivity contribution in [3.8, 4) is 11.8 Å². The van der Waals surface area contributed by atoms with E-state index in [2.05, 4.69) is 15.8 Å². The number of hydrogen-bond donors (Lipinski definition) is 1. The predicted molar refractivity (Wildman–Crippen MR) is 127 cm³/mol. The van der Waals surface area contributed by atoms with Crippen LogP contribution in [0, 0.1) is 11.3 Å². The number of benzene rings is 2. The molecule has 1 aliphatic rings. The van der Waals surface area contributed by atoms with E-state index in [1.165, 1.54) is 31.4 Å². The van der Waals surface area contributed by atoms with Crippen LogP contribution >= 0.6 is 0 Å². The van der Waals surface area contributed by atoms with E-state index >= 15 is 0 Å². The van der Waals surface area contributed by atoms with E-state index in [0.717, 1.165) is 0 Å². The van der Waals surface area contributed by atoms with Crippen LogP contribution in [0.2, 0.25) is 0 Å². The van der Waals surface area contributed by atoms with E-state index in [9.17, 15) is 18.5 Å². The molecule has 2 aromatic carbocycles. The summed E-state index contributed by atoms with van der Waals surface area (Å²) >= 11 is 0.